The van der Waals surface area contributed by atoms with Crippen molar-refractivity contribution in [3.63, 3.8) is 0 Å². The van der Waals surface area contributed by atoms with Gasteiger partial charge in [0, 0.05) is 30.1 Å². The van der Waals surface area contributed by atoms with Crippen LogP contribution in [0.4, 0.5) is 18.9 Å². The number of ketones is 1. The van der Waals surface area contributed by atoms with Gasteiger partial charge in [-0.1, -0.05) is 0 Å². The van der Waals surface area contributed by atoms with E-state index in [1.54, 1.807) is 4.57 Å². The minimum atomic E-state index is -1.64. The van der Waals surface area contributed by atoms with Crippen molar-refractivity contribution in [3.8, 4) is 0 Å². The van der Waals surface area contributed by atoms with Crippen molar-refractivity contribution >= 4 is 23.3 Å². The summed E-state index contributed by atoms with van der Waals surface area (Å²) < 4.78 is 45.9. The first-order valence-electron chi connectivity index (χ1n) is 8.06. The number of fused-ring (bicyclic) bond motifs is 1. The molecular weight excluding hydrogens is 365 g/mol. The monoisotopic (exact) mass is 380 g/mol. The van der Waals surface area contributed by atoms with Crippen LogP contribution >= 0.6 is 0 Å². The number of benzene rings is 1. The van der Waals surface area contributed by atoms with Gasteiger partial charge >= 0.3 is 5.97 Å². The molecule has 0 radical (unpaired) electrons. The Hall–Kier alpha value is -3.10. The summed E-state index contributed by atoms with van der Waals surface area (Å²) in [6.07, 6.45) is 1.16. The second-order valence-corrected chi connectivity index (χ2v) is 6.08. The number of carbonyl (C=O) groups is 3. The minimum Gasteiger partial charge on any atom is -0.463 e. The SMILES string of the molecule is COC(=O)C(=O)c1c(C)c(C(=O)Nc2cc(F)c(F)c(F)c2)n2c1CCC2. The maximum Gasteiger partial charge on any atom is 0.379 e. The van der Waals surface area contributed by atoms with E-state index in [9.17, 15) is 27.6 Å². The van der Waals surface area contributed by atoms with Crippen molar-refractivity contribution < 1.29 is 32.3 Å². The Labute approximate surface area is 151 Å². The fourth-order valence-electron chi connectivity index (χ4n) is 3.33. The zero-order valence-electron chi connectivity index (χ0n) is 14.5. The van der Waals surface area contributed by atoms with Crippen LogP contribution in [0.2, 0.25) is 0 Å². The highest BCUT2D eigenvalue weighted by atomic mass is 19.2. The Morgan fingerprint density at radius 2 is 1.78 bits per heavy atom. The van der Waals surface area contributed by atoms with E-state index in [4.69, 9.17) is 0 Å². The van der Waals surface area contributed by atoms with Crippen LogP contribution in [-0.2, 0) is 22.5 Å². The number of nitrogens with one attached hydrogen (secondary N) is 1. The van der Waals surface area contributed by atoms with E-state index in [2.05, 4.69) is 10.1 Å². The topological polar surface area (TPSA) is 77.4 Å². The summed E-state index contributed by atoms with van der Waals surface area (Å²) in [6.45, 7) is 1.95. The zero-order chi connectivity index (χ0) is 19.9. The summed E-state index contributed by atoms with van der Waals surface area (Å²) in [4.78, 5) is 36.6. The molecular formula is C18H15F3N2O4. The third kappa shape index (κ3) is 3.09. The van der Waals surface area contributed by atoms with Crippen molar-refractivity contribution in [2.24, 2.45) is 0 Å². The number of amides is 1. The molecule has 1 aromatic carbocycles. The molecule has 0 bridgehead atoms. The lowest BCUT2D eigenvalue weighted by molar-refractivity contribution is -0.135. The van der Waals surface area contributed by atoms with Gasteiger partial charge in [-0.2, -0.15) is 0 Å². The number of aromatic nitrogens is 1. The van der Waals surface area contributed by atoms with Gasteiger partial charge < -0.3 is 14.6 Å². The number of esters is 1. The first-order valence-corrected chi connectivity index (χ1v) is 8.06. The maximum absolute atomic E-state index is 13.4. The van der Waals surface area contributed by atoms with Gasteiger partial charge in [0.1, 0.15) is 5.69 Å². The standard InChI is InChI=1S/C18H15F3N2O4/c1-8-13(16(24)18(26)27-2)12-4-3-5-23(12)15(8)17(25)22-9-6-10(19)14(21)11(20)7-9/h6-7H,3-5H2,1-2H3,(H,22,25). The fraction of sp³-hybridized carbons (Fsp3) is 0.278. The molecule has 0 unspecified atom stereocenters. The van der Waals surface area contributed by atoms with Gasteiger partial charge in [0.15, 0.2) is 17.5 Å². The molecule has 0 fully saturated rings. The van der Waals surface area contributed by atoms with Crippen LogP contribution in [0.5, 0.6) is 0 Å². The highest BCUT2D eigenvalue weighted by molar-refractivity contribution is 6.41. The Morgan fingerprint density at radius 3 is 2.37 bits per heavy atom. The lowest BCUT2D eigenvalue weighted by Gasteiger charge is -2.09. The van der Waals surface area contributed by atoms with Gasteiger partial charge in [-0.3, -0.25) is 9.59 Å². The van der Waals surface area contributed by atoms with Gasteiger partial charge in [0.25, 0.3) is 11.7 Å². The number of ether oxygens (including phenoxy) is 1. The van der Waals surface area contributed by atoms with E-state index in [0.29, 0.717) is 37.2 Å². The van der Waals surface area contributed by atoms with E-state index in [-0.39, 0.29) is 22.5 Å². The average molecular weight is 380 g/mol. The van der Waals surface area contributed by atoms with Gasteiger partial charge in [0.05, 0.1) is 12.7 Å². The van der Waals surface area contributed by atoms with E-state index >= 15 is 0 Å². The molecule has 9 heteroatoms. The molecule has 0 saturated heterocycles. The molecule has 1 aromatic heterocycles. The van der Waals surface area contributed by atoms with Crippen molar-refractivity contribution in [1.82, 2.24) is 4.57 Å². The molecule has 2 aromatic rings. The molecule has 2 heterocycles. The second kappa shape index (κ2) is 6.90. The number of halogens is 3. The third-order valence-electron chi connectivity index (χ3n) is 4.46. The summed E-state index contributed by atoms with van der Waals surface area (Å²) in [7, 11) is 1.08. The molecule has 27 heavy (non-hydrogen) atoms. The van der Waals surface area contributed by atoms with Crippen LogP contribution < -0.4 is 5.32 Å². The molecule has 142 valence electrons. The molecule has 1 amide bonds. The van der Waals surface area contributed by atoms with Crippen molar-refractivity contribution in [3.05, 3.63) is 52.1 Å². The fourth-order valence-corrected chi connectivity index (χ4v) is 3.33. The largest absolute Gasteiger partial charge is 0.463 e. The Morgan fingerprint density at radius 1 is 1.15 bits per heavy atom. The highest BCUT2D eigenvalue weighted by Crippen LogP contribution is 2.30. The van der Waals surface area contributed by atoms with Crippen LogP contribution in [-0.4, -0.2) is 29.3 Å². The molecule has 3 rings (SSSR count). The van der Waals surface area contributed by atoms with Crippen LogP contribution in [0, 0.1) is 24.4 Å². The highest BCUT2D eigenvalue weighted by Gasteiger charge is 2.33. The smallest absolute Gasteiger partial charge is 0.379 e. The molecule has 0 saturated carbocycles. The number of carbonyl (C=O) groups excluding carboxylic acids is 3. The number of hydrogen-bond donors (Lipinski definition) is 1. The number of rotatable bonds is 4. The van der Waals surface area contributed by atoms with E-state index < -0.39 is 35.1 Å². The Balaban J connectivity index is 2.01. The predicted molar refractivity (Wildman–Crippen MR) is 88.1 cm³/mol. The molecule has 0 aliphatic carbocycles. The summed E-state index contributed by atoms with van der Waals surface area (Å²) in [6, 6.07) is 1.31. The van der Waals surface area contributed by atoms with Gasteiger partial charge in [-0.05, 0) is 25.3 Å². The molecule has 1 aliphatic rings. The van der Waals surface area contributed by atoms with Crippen LogP contribution in [0.15, 0.2) is 12.1 Å². The lowest BCUT2D eigenvalue weighted by Crippen LogP contribution is -2.19. The molecule has 6 nitrogen and oxygen atoms in total. The number of methoxy groups -OCH3 is 1. The van der Waals surface area contributed by atoms with E-state index in [0.717, 1.165) is 7.11 Å². The molecule has 1 aliphatic heterocycles. The Kier molecular flexibility index (Phi) is 4.77. The van der Waals surface area contributed by atoms with Crippen LogP contribution in [0.1, 0.15) is 38.5 Å². The number of Topliss-reactive ketones (excluding diaryl/α,β-unsaturated/α-hetero) is 1. The van der Waals surface area contributed by atoms with Gasteiger partial charge in [-0.15, -0.1) is 0 Å². The maximum atomic E-state index is 13.4. The van der Waals surface area contributed by atoms with Crippen molar-refractivity contribution in [1.29, 1.82) is 0 Å². The zero-order valence-corrected chi connectivity index (χ0v) is 14.5. The van der Waals surface area contributed by atoms with Gasteiger partial charge in [-0.25, -0.2) is 18.0 Å². The second-order valence-electron chi connectivity index (χ2n) is 6.08. The first kappa shape index (κ1) is 18.7. The normalized spacial score (nSPS) is 12.6. The van der Waals surface area contributed by atoms with Crippen molar-refractivity contribution in [2.45, 2.75) is 26.3 Å². The average Bonchev–Trinajstić information content (AvgIpc) is 3.17. The van der Waals surface area contributed by atoms with E-state index in [1.165, 1.54) is 6.92 Å². The third-order valence-corrected chi connectivity index (χ3v) is 4.46. The molecule has 1 N–H and O–H groups in total. The Bertz CT molecular complexity index is 958. The summed E-state index contributed by atoms with van der Waals surface area (Å²) in [5.74, 6) is -7.16. The summed E-state index contributed by atoms with van der Waals surface area (Å²) in [5, 5.41) is 2.30. The van der Waals surface area contributed by atoms with Crippen LogP contribution in [0.3, 0.4) is 0 Å². The summed E-state index contributed by atoms with van der Waals surface area (Å²) in [5.41, 5.74) is 0.719. The predicted octanol–water partition coefficient (Wildman–Crippen LogP) is 2.77. The van der Waals surface area contributed by atoms with Crippen LogP contribution in [0.25, 0.3) is 0 Å². The van der Waals surface area contributed by atoms with E-state index in [1.807, 2.05) is 0 Å². The molecule has 0 spiro atoms. The summed E-state index contributed by atoms with van der Waals surface area (Å²) >= 11 is 0. The first-order chi connectivity index (χ1) is 12.8. The number of nitrogens with zero attached hydrogens (tertiary/aromatic N) is 1. The molecule has 0 atom stereocenters. The minimum absolute atomic E-state index is 0.0971. The lowest BCUT2D eigenvalue weighted by atomic mass is 10.0. The number of hydrogen-bond acceptors (Lipinski definition) is 4. The number of anilines is 1. The van der Waals surface area contributed by atoms with Gasteiger partial charge in [0.2, 0.25) is 0 Å². The van der Waals surface area contributed by atoms with Crippen molar-refractivity contribution in [2.75, 3.05) is 12.4 Å². The quantitative estimate of drug-likeness (QED) is 0.383.